The number of aromatic nitrogens is 1. The van der Waals surface area contributed by atoms with Gasteiger partial charge in [-0.25, -0.2) is 0 Å². The van der Waals surface area contributed by atoms with Crippen molar-refractivity contribution in [2.45, 2.75) is 19.4 Å². The van der Waals surface area contributed by atoms with Crippen molar-refractivity contribution < 1.29 is 28.6 Å². The number of ether oxygens (including phenoxy) is 2. The smallest absolute Gasteiger partial charge is 0.303 e. The number of carboxylic acids is 1. The van der Waals surface area contributed by atoms with E-state index in [1.54, 1.807) is 36.7 Å². The maximum Gasteiger partial charge on any atom is 0.303 e. The topological polar surface area (TPSA) is 111 Å². The molecule has 0 saturated heterocycles. The van der Waals surface area contributed by atoms with E-state index in [0.717, 1.165) is 33.2 Å². The number of carbonyl (C=O) groups excluding carboxylic acids is 1. The highest BCUT2D eigenvalue weighted by molar-refractivity contribution is 5.94. The third-order valence-electron chi connectivity index (χ3n) is 6.38. The van der Waals surface area contributed by atoms with Crippen molar-refractivity contribution in [1.29, 1.82) is 0 Å². The number of hydrogen-bond acceptors (Lipinski definition) is 6. The van der Waals surface area contributed by atoms with Crippen LogP contribution in [0, 0.1) is 0 Å². The third-order valence-corrected chi connectivity index (χ3v) is 6.38. The quantitative estimate of drug-likeness (QED) is 0.191. The summed E-state index contributed by atoms with van der Waals surface area (Å²) in [4.78, 5) is 27.6. The molecule has 0 radical (unpaired) electrons. The molecule has 0 atom stereocenters. The van der Waals surface area contributed by atoms with Crippen molar-refractivity contribution in [2.75, 3.05) is 13.2 Å². The molecule has 0 fully saturated rings. The van der Waals surface area contributed by atoms with Crippen LogP contribution in [0.25, 0.3) is 22.1 Å². The number of fused-ring (bicyclic) bond motifs is 1. The van der Waals surface area contributed by atoms with Crippen LogP contribution in [0.3, 0.4) is 0 Å². The highest BCUT2D eigenvalue weighted by Crippen LogP contribution is 2.32. The van der Waals surface area contributed by atoms with Gasteiger partial charge in [0.05, 0.1) is 6.26 Å². The van der Waals surface area contributed by atoms with Crippen LogP contribution >= 0.6 is 0 Å². The predicted octanol–water partition coefficient (Wildman–Crippen LogP) is 5.90. The molecule has 8 nitrogen and oxygen atoms in total. The Balaban J connectivity index is 1.19. The first-order valence-electron chi connectivity index (χ1n) is 12.9. The molecule has 0 aliphatic heterocycles. The molecule has 40 heavy (non-hydrogen) atoms. The summed E-state index contributed by atoms with van der Waals surface area (Å²) in [6, 6.07) is 26.4. The lowest BCUT2D eigenvalue weighted by atomic mass is 10.0. The van der Waals surface area contributed by atoms with Crippen LogP contribution in [0.1, 0.15) is 28.0 Å². The molecule has 202 valence electrons. The normalized spacial score (nSPS) is 10.8. The molecule has 0 unspecified atom stereocenters. The van der Waals surface area contributed by atoms with E-state index in [0.29, 0.717) is 36.8 Å². The summed E-state index contributed by atoms with van der Waals surface area (Å²) in [5.74, 6) is 0.0737. The molecule has 1 amide bonds. The zero-order chi connectivity index (χ0) is 27.7. The summed E-state index contributed by atoms with van der Waals surface area (Å²) >= 11 is 0. The lowest BCUT2D eigenvalue weighted by Crippen LogP contribution is -2.24. The fourth-order valence-electron chi connectivity index (χ4n) is 4.36. The van der Waals surface area contributed by atoms with Gasteiger partial charge in [-0.2, -0.15) is 0 Å². The van der Waals surface area contributed by atoms with Gasteiger partial charge in [0.1, 0.15) is 36.0 Å². The van der Waals surface area contributed by atoms with E-state index in [1.807, 2.05) is 60.7 Å². The molecule has 0 aliphatic rings. The van der Waals surface area contributed by atoms with Crippen molar-refractivity contribution in [2.24, 2.45) is 0 Å². The number of amides is 1. The Morgan fingerprint density at radius 2 is 1.60 bits per heavy atom. The SMILES string of the molecule is O=C(O)CCc1ccc(OCCOc2ccc3c(-c4ccccc4)coc3c2)cc1CNC(=O)c1ccccn1. The van der Waals surface area contributed by atoms with Crippen LogP contribution in [-0.4, -0.2) is 35.2 Å². The summed E-state index contributed by atoms with van der Waals surface area (Å²) in [6.07, 6.45) is 3.64. The van der Waals surface area contributed by atoms with Gasteiger partial charge in [0, 0.05) is 36.2 Å². The van der Waals surface area contributed by atoms with E-state index < -0.39 is 5.97 Å². The number of rotatable bonds is 12. The van der Waals surface area contributed by atoms with Gasteiger partial charge in [0.15, 0.2) is 0 Å². The second-order valence-corrected chi connectivity index (χ2v) is 9.09. The predicted molar refractivity (Wildman–Crippen MR) is 150 cm³/mol. The van der Waals surface area contributed by atoms with Gasteiger partial charge in [0.25, 0.3) is 5.91 Å². The monoisotopic (exact) mass is 536 g/mol. The van der Waals surface area contributed by atoms with Crippen molar-refractivity contribution in [3.8, 4) is 22.6 Å². The van der Waals surface area contributed by atoms with E-state index in [1.165, 1.54) is 0 Å². The van der Waals surface area contributed by atoms with Crippen LogP contribution in [0.2, 0.25) is 0 Å². The van der Waals surface area contributed by atoms with Gasteiger partial charge in [-0.15, -0.1) is 0 Å². The minimum absolute atomic E-state index is 0.0118. The van der Waals surface area contributed by atoms with Crippen LogP contribution in [0.5, 0.6) is 11.5 Å². The largest absolute Gasteiger partial charge is 0.490 e. The number of pyridine rings is 1. The Morgan fingerprint density at radius 1 is 0.850 bits per heavy atom. The average molecular weight is 537 g/mol. The summed E-state index contributed by atoms with van der Waals surface area (Å²) in [5, 5.41) is 13.0. The number of furan rings is 1. The Bertz CT molecular complexity index is 1600. The molecule has 5 aromatic rings. The molecule has 0 aliphatic carbocycles. The van der Waals surface area contributed by atoms with Crippen LogP contribution in [0.15, 0.2) is 102 Å². The summed E-state index contributed by atoms with van der Waals surface area (Å²) < 4.78 is 17.5. The fraction of sp³-hybridized carbons (Fsp3) is 0.156. The number of nitrogens with one attached hydrogen (secondary N) is 1. The molecule has 2 heterocycles. The molecule has 2 aromatic heterocycles. The summed E-state index contributed by atoms with van der Waals surface area (Å²) in [6.45, 7) is 0.816. The van der Waals surface area contributed by atoms with Crippen molar-refractivity contribution in [3.63, 3.8) is 0 Å². The maximum absolute atomic E-state index is 12.5. The highest BCUT2D eigenvalue weighted by Gasteiger charge is 2.12. The molecular weight excluding hydrogens is 508 g/mol. The summed E-state index contributed by atoms with van der Waals surface area (Å²) in [5.41, 5.74) is 4.78. The van der Waals surface area contributed by atoms with Gasteiger partial charge >= 0.3 is 5.97 Å². The van der Waals surface area contributed by atoms with Crippen LogP contribution in [-0.2, 0) is 17.8 Å². The van der Waals surface area contributed by atoms with Gasteiger partial charge in [-0.3, -0.25) is 14.6 Å². The Kier molecular flexibility index (Phi) is 8.36. The van der Waals surface area contributed by atoms with E-state index in [-0.39, 0.29) is 18.9 Å². The molecule has 5 rings (SSSR count). The zero-order valence-electron chi connectivity index (χ0n) is 21.7. The number of nitrogens with zero attached hydrogens (tertiary/aromatic N) is 1. The number of benzene rings is 3. The standard InChI is InChI=1S/C32H28N2O6/c35-31(36)14-10-22-9-11-25(18-24(22)20-34-32(37)29-8-4-5-15-33-29)38-16-17-39-26-12-13-27-28(21-40-30(27)19-26)23-6-2-1-3-7-23/h1-9,11-13,15,18-19,21H,10,14,16-17,20H2,(H,34,37)(H,35,36). The van der Waals surface area contributed by atoms with Crippen LogP contribution in [0.4, 0.5) is 0 Å². The Morgan fingerprint density at radius 3 is 2.35 bits per heavy atom. The highest BCUT2D eigenvalue weighted by atomic mass is 16.5. The molecule has 0 saturated carbocycles. The Labute approximate surface area is 231 Å². The van der Waals surface area contributed by atoms with E-state index in [4.69, 9.17) is 19.0 Å². The number of aliphatic carboxylic acids is 1. The molecule has 0 bridgehead atoms. The molecule has 2 N–H and O–H groups in total. The minimum atomic E-state index is -0.884. The van der Waals surface area contributed by atoms with Gasteiger partial charge in [-0.05, 0) is 59.5 Å². The Hall–Kier alpha value is -5.11. The first-order chi connectivity index (χ1) is 19.6. The number of hydrogen-bond donors (Lipinski definition) is 2. The molecule has 8 heteroatoms. The first-order valence-corrected chi connectivity index (χ1v) is 12.9. The van der Waals surface area contributed by atoms with Crippen molar-refractivity contribution >= 4 is 22.8 Å². The minimum Gasteiger partial charge on any atom is -0.490 e. The van der Waals surface area contributed by atoms with Crippen molar-refractivity contribution in [3.05, 3.63) is 114 Å². The first kappa shape index (κ1) is 26.5. The molecule has 0 spiro atoms. The zero-order valence-corrected chi connectivity index (χ0v) is 21.7. The van der Waals surface area contributed by atoms with E-state index in [9.17, 15) is 9.59 Å². The molecular formula is C32H28N2O6. The van der Waals surface area contributed by atoms with Crippen molar-refractivity contribution in [1.82, 2.24) is 10.3 Å². The third kappa shape index (κ3) is 6.66. The van der Waals surface area contributed by atoms with Gasteiger partial charge in [0.2, 0.25) is 0 Å². The fourth-order valence-corrected chi connectivity index (χ4v) is 4.36. The number of aryl methyl sites for hydroxylation is 1. The lowest BCUT2D eigenvalue weighted by Gasteiger charge is -2.14. The number of carboxylic acid groups (broad SMARTS) is 1. The molecule has 3 aromatic carbocycles. The van der Waals surface area contributed by atoms with E-state index >= 15 is 0 Å². The summed E-state index contributed by atoms with van der Waals surface area (Å²) in [7, 11) is 0. The van der Waals surface area contributed by atoms with Crippen LogP contribution < -0.4 is 14.8 Å². The maximum atomic E-state index is 12.5. The van der Waals surface area contributed by atoms with Gasteiger partial charge < -0.3 is 24.3 Å². The second kappa shape index (κ2) is 12.6. The van der Waals surface area contributed by atoms with Gasteiger partial charge in [-0.1, -0.05) is 42.5 Å². The average Bonchev–Trinajstić information content (AvgIpc) is 3.41. The lowest BCUT2D eigenvalue weighted by molar-refractivity contribution is -0.136. The second-order valence-electron chi connectivity index (χ2n) is 9.09. The number of carbonyl (C=O) groups is 2. The van der Waals surface area contributed by atoms with E-state index in [2.05, 4.69) is 10.3 Å².